The van der Waals surface area contributed by atoms with Crippen molar-refractivity contribution < 1.29 is 19.4 Å². The number of carboxylic acid groups (broad SMARTS) is 1. The number of hydrogen-bond acceptors (Lipinski definition) is 3. The van der Waals surface area contributed by atoms with E-state index in [1.54, 1.807) is 0 Å². The van der Waals surface area contributed by atoms with Crippen molar-refractivity contribution in [2.45, 2.75) is 51.0 Å². The summed E-state index contributed by atoms with van der Waals surface area (Å²) in [4.78, 5) is 23.0. The summed E-state index contributed by atoms with van der Waals surface area (Å²) < 4.78 is 5.39. The second kappa shape index (κ2) is 5.69. The van der Waals surface area contributed by atoms with Crippen LogP contribution in [0.5, 0.6) is 0 Å². The molecule has 0 radical (unpaired) electrons. The van der Waals surface area contributed by atoms with Crippen LogP contribution >= 0.6 is 0 Å². The van der Waals surface area contributed by atoms with Gasteiger partial charge in [0.15, 0.2) is 0 Å². The molecule has 2 fully saturated rings. The van der Waals surface area contributed by atoms with Gasteiger partial charge in [0, 0.05) is 13.2 Å². The lowest BCUT2D eigenvalue weighted by Gasteiger charge is -2.24. The summed E-state index contributed by atoms with van der Waals surface area (Å²) in [5.41, 5.74) is -0.730. The fourth-order valence-electron chi connectivity index (χ4n) is 2.87. The van der Waals surface area contributed by atoms with Gasteiger partial charge in [-0.05, 0) is 25.7 Å². The number of carbonyl (C=O) groups excluding carboxylic acids is 1. The van der Waals surface area contributed by atoms with Crippen LogP contribution in [0.2, 0.25) is 0 Å². The van der Waals surface area contributed by atoms with Gasteiger partial charge in [-0.2, -0.15) is 0 Å². The van der Waals surface area contributed by atoms with Gasteiger partial charge >= 0.3 is 5.97 Å². The van der Waals surface area contributed by atoms with Gasteiger partial charge in [0.1, 0.15) is 0 Å². The Bertz CT molecular complexity index is 317. The largest absolute Gasteiger partial charge is 0.481 e. The number of nitrogens with one attached hydrogen (secondary N) is 1. The highest BCUT2D eigenvalue weighted by Crippen LogP contribution is 2.37. The highest BCUT2D eigenvalue weighted by atomic mass is 16.5. The highest BCUT2D eigenvalue weighted by Gasteiger charge is 2.41. The van der Waals surface area contributed by atoms with Crippen molar-refractivity contribution in [3.63, 3.8) is 0 Å². The molecule has 2 rings (SSSR count). The quantitative estimate of drug-likeness (QED) is 0.776. The van der Waals surface area contributed by atoms with Crippen LogP contribution in [0, 0.1) is 5.41 Å². The predicted molar refractivity (Wildman–Crippen MR) is 65.1 cm³/mol. The molecule has 1 heterocycles. The highest BCUT2D eigenvalue weighted by molar-refractivity contribution is 5.79. The van der Waals surface area contributed by atoms with Gasteiger partial charge in [-0.15, -0.1) is 0 Å². The van der Waals surface area contributed by atoms with E-state index in [1.165, 1.54) is 0 Å². The monoisotopic (exact) mass is 255 g/mol. The van der Waals surface area contributed by atoms with Gasteiger partial charge in [-0.25, -0.2) is 0 Å². The summed E-state index contributed by atoms with van der Waals surface area (Å²) in [6.45, 7) is 0.991. The lowest BCUT2D eigenvalue weighted by Crippen LogP contribution is -2.41. The molecule has 0 aromatic heterocycles. The summed E-state index contributed by atoms with van der Waals surface area (Å²) in [7, 11) is 0. The Kier molecular flexibility index (Phi) is 4.22. The Labute approximate surface area is 107 Å². The molecule has 0 aromatic rings. The zero-order chi connectivity index (χ0) is 13.0. The molecule has 0 spiro atoms. The Balaban J connectivity index is 1.78. The van der Waals surface area contributed by atoms with Gasteiger partial charge in [-0.1, -0.05) is 12.8 Å². The third-order valence-corrected chi connectivity index (χ3v) is 4.08. The van der Waals surface area contributed by atoms with Crippen molar-refractivity contribution in [3.05, 3.63) is 0 Å². The molecular formula is C13H21NO4. The average Bonchev–Trinajstić information content (AvgIpc) is 2.97. The minimum atomic E-state index is -0.780. The maximum Gasteiger partial charge on any atom is 0.311 e. The first-order valence-corrected chi connectivity index (χ1v) is 6.74. The maximum atomic E-state index is 11.7. The SMILES string of the molecule is O=C(CC1CCCO1)NCC1(C(=O)O)CCCC1. The molecule has 2 aliphatic rings. The zero-order valence-corrected chi connectivity index (χ0v) is 10.6. The van der Waals surface area contributed by atoms with Gasteiger partial charge in [-0.3, -0.25) is 9.59 Å². The van der Waals surface area contributed by atoms with Crippen molar-refractivity contribution in [2.24, 2.45) is 5.41 Å². The number of amides is 1. The molecule has 18 heavy (non-hydrogen) atoms. The minimum Gasteiger partial charge on any atom is -0.481 e. The van der Waals surface area contributed by atoms with Crippen LogP contribution in [0.3, 0.4) is 0 Å². The molecule has 5 heteroatoms. The molecule has 1 amide bonds. The van der Waals surface area contributed by atoms with Gasteiger partial charge in [0.25, 0.3) is 0 Å². The van der Waals surface area contributed by atoms with Crippen LogP contribution in [0.25, 0.3) is 0 Å². The van der Waals surface area contributed by atoms with E-state index in [9.17, 15) is 14.7 Å². The first-order valence-electron chi connectivity index (χ1n) is 6.74. The first kappa shape index (κ1) is 13.3. The van der Waals surface area contributed by atoms with E-state index < -0.39 is 11.4 Å². The second-order valence-corrected chi connectivity index (χ2v) is 5.41. The van der Waals surface area contributed by atoms with E-state index in [0.29, 0.717) is 19.3 Å². The van der Waals surface area contributed by atoms with Crippen molar-refractivity contribution in [1.29, 1.82) is 0 Å². The normalized spacial score (nSPS) is 26.1. The third-order valence-electron chi connectivity index (χ3n) is 4.08. The Morgan fingerprint density at radius 1 is 1.28 bits per heavy atom. The molecule has 0 aromatic carbocycles. The van der Waals surface area contributed by atoms with Gasteiger partial charge in [0.2, 0.25) is 5.91 Å². The molecule has 0 bridgehead atoms. The van der Waals surface area contributed by atoms with E-state index in [2.05, 4.69) is 5.32 Å². The topological polar surface area (TPSA) is 75.6 Å². The molecule has 2 N–H and O–H groups in total. The third kappa shape index (κ3) is 3.02. The standard InChI is InChI=1S/C13H21NO4/c15-11(8-10-4-3-7-18-10)14-9-13(12(16)17)5-1-2-6-13/h10H,1-9H2,(H,14,15)(H,16,17). The van der Waals surface area contributed by atoms with Crippen molar-refractivity contribution in [3.8, 4) is 0 Å². The molecule has 102 valence electrons. The maximum absolute atomic E-state index is 11.7. The molecule has 1 saturated carbocycles. The fourth-order valence-corrected chi connectivity index (χ4v) is 2.87. The molecule has 1 aliphatic carbocycles. The molecular weight excluding hydrogens is 234 g/mol. The molecule has 1 saturated heterocycles. The Hall–Kier alpha value is -1.10. The summed E-state index contributed by atoms with van der Waals surface area (Å²) in [5, 5.41) is 12.1. The Morgan fingerprint density at radius 2 is 2.00 bits per heavy atom. The van der Waals surface area contributed by atoms with E-state index in [0.717, 1.165) is 32.3 Å². The molecule has 1 atom stereocenters. The first-order chi connectivity index (χ1) is 8.62. The number of hydrogen-bond donors (Lipinski definition) is 2. The smallest absolute Gasteiger partial charge is 0.311 e. The van der Waals surface area contributed by atoms with E-state index in [1.807, 2.05) is 0 Å². The predicted octanol–water partition coefficient (Wildman–Crippen LogP) is 1.32. The number of carbonyl (C=O) groups is 2. The molecule has 1 aliphatic heterocycles. The molecule has 1 unspecified atom stereocenters. The summed E-state index contributed by atoms with van der Waals surface area (Å²) in [6, 6.07) is 0. The van der Waals surface area contributed by atoms with E-state index in [4.69, 9.17) is 4.74 Å². The van der Waals surface area contributed by atoms with Gasteiger partial charge in [0.05, 0.1) is 17.9 Å². The number of ether oxygens (including phenoxy) is 1. The summed E-state index contributed by atoms with van der Waals surface area (Å²) >= 11 is 0. The van der Waals surface area contributed by atoms with E-state index >= 15 is 0 Å². The second-order valence-electron chi connectivity index (χ2n) is 5.41. The Morgan fingerprint density at radius 3 is 2.56 bits per heavy atom. The summed E-state index contributed by atoms with van der Waals surface area (Å²) in [5.74, 6) is -0.869. The number of rotatable bonds is 5. The van der Waals surface area contributed by atoms with Crippen molar-refractivity contribution >= 4 is 11.9 Å². The average molecular weight is 255 g/mol. The van der Waals surface area contributed by atoms with E-state index in [-0.39, 0.29) is 18.6 Å². The lowest BCUT2D eigenvalue weighted by molar-refractivity contribution is -0.148. The van der Waals surface area contributed by atoms with Crippen LogP contribution in [0.15, 0.2) is 0 Å². The molecule has 5 nitrogen and oxygen atoms in total. The fraction of sp³-hybridized carbons (Fsp3) is 0.846. The minimum absolute atomic E-state index is 0.0226. The van der Waals surface area contributed by atoms with Gasteiger partial charge < -0.3 is 15.2 Å². The van der Waals surface area contributed by atoms with Crippen LogP contribution in [-0.4, -0.2) is 36.2 Å². The van der Waals surface area contributed by atoms with Crippen LogP contribution in [0.1, 0.15) is 44.9 Å². The zero-order valence-electron chi connectivity index (χ0n) is 10.6. The van der Waals surface area contributed by atoms with Crippen molar-refractivity contribution in [1.82, 2.24) is 5.32 Å². The number of aliphatic carboxylic acids is 1. The lowest BCUT2D eigenvalue weighted by atomic mass is 9.86. The van der Waals surface area contributed by atoms with Crippen molar-refractivity contribution in [2.75, 3.05) is 13.2 Å². The van der Waals surface area contributed by atoms with Crippen LogP contribution < -0.4 is 5.32 Å². The number of carboxylic acids is 1. The van der Waals surface area contributed by atoms with Crippen LogP contribution in [0.4, 0.5) is 0 Å². The van der Waals surface area contributed by atoms with Crippen LogP contribution in [-0.2, 0) is 14.3 Å². The summed E-state index contributed by atoms with van der Waals surface area (Å²) in [6.07, 6.45) is 5.53.